The van der Waals surface area contributed by atoms with Gasteiger partial charge in [-0.25, -0.2) is 9.97 Å². The summed E-state index contributed by atoms with van der Waals surface area (Å²) in [4.78, 5) is 10.2. The Morgan fingerprint density at radius 1 is 1.43 bits per heavy atom. The lowest BCUT2D eigenvalue weighted by Gasteiger charge is -2.14. The summed E-state index contributed by atoms with van der Waals surface area (Å²) in [5.41, 5.74) is 6.04. The van der Waals surface area contributed by atoms with E-state index in [2.05, 4.69) is 9.97 Å². The molecule has 76 valence electrons. The number of aliphatic hydroxyl groups excluding tert-OH is 1. The van der Waals surface area contributed by atoms with Gasteiger partial charge in [0.2, 0.25) is 5.95 Å². The van der Waals surface area contributed by atoms with Crippen LogP contribution in [0.3, 0.4) is 0 Å². The van der Waals surface area contributed by atoms with E-state index in [1.165, 1.54) is 0 Å². The van der Waals surface area contributed by atoms with E-state index in [0.29, 0.717) is 18.2 Å². The van der Waals surface area contributed by atoms with Crippen molar-refractivity contribution in [2.45, 2.75) is 13.0 Å². The average molecular weight is 194 g/mol. The molecular weight excluding hydrogens is 180 g/mol. The van der Waals surface area contributed by atoms with Crippen LogP contribution in [0.25, 0.3) is 0 Å². The summed E-state index contributed by atoms with van der Waals surface area (Å²) in [7, 11) is 0. The van der Waals surface area contributed by atoms with Crippen molar-refractivity contribution in [3.05, 3.63) is 12.4 Å². The summed E-state index contributed by atoms with van der Waals surface area (Å²) in [6, 6.07) is 0. The predicted octanol–water partition coefficient (Wildman–Crippen LogP) is -0.124. The molecule has 1 aromatic heterocycles. The number of nitrogens with two attached hydrogens (primary N) is 1. The highest BCUT2D eigenvalue weighted by atomic mass is 16.3. The molecule has 14 heavy (non-hydrogen) atoms. The zero-order chi connectivity index (χ0) is 10.1. The van der Waals surface area contributed by atoms with E-state index in [1.807, 2.05) is 11.8 Å². The Labute approximate surface area is 82.6 Å². The maximum atomic E-state index is 9.56. The van der Waals surface area contributed by atoms with Crippen molar-refractivity contribution in [2.24, 2.45) is 5.92 Å². The highest BCUT2D eigenvalue weighted by molar-refractivity contribution is 5.38. The van der Waals surface area contributed by atoms with Gasteiger partial charge in [-0.05, 0) is 0 Å². The van der Waals surface area contributed by atoms with Gasteiger partial charge in [-0.3, -0.25) is 0 Å². The fraction of sp³-hybridized carbons (Fsp3) is 0.556. The highest BCUT2D eigenvalue weighted by Gasteiger charge is 2.28. The van der Waals surface area contributed by atoms with Gasteiger partial charge in [0.05, 0.1) is 24.2 Å². The number of nitrogens with zero attached hydrogens (tertiary/aromatic N) is 3. The van der Waals surface area contributed by atoms with Crippen molar-refractivity contribution in [1.82, 2.24) is 9.97 Å². The lowest BCUT2D eigenvalue weighted by Crippen LogP contribution is -2.23. The third-order valence-electron chi connectivity index (χ3n) is 2.51. The van der Waals surface area contributed by atoms with E-state index < -0.39 is 0 Å². The van der Waals surface area contributed by atoms with Crippen LogP contribution >= 0.6 is 0 Å². The normalized spacial score (nSPS) is 26.9. The molecule has 2 heterocycles. The third-order valence-corrected chi connectivity index (χ3v) is 2.51. The van der Waals surface area contributed by atoms with E-state index >= 15 is 0 Å². The van der Waals surface area contributed by atoms with Crippen LogP contribution in [0, 0.1) is 5.92 Å². The zero-order valence-corrected chi connectivity index (χ0v) is 8.09. The molecule has 2 rings (SSSR count). The monoisotopic (exact) mass is 194 g/mol. The first-order valence-corrected chi connectivity index (χ1v) is 4.67. The van der Waals surface area contributed by atoms with Crippen LogP contribution in [-0.2, 0) is 0 Å². The van der Waals surface area contributed by atoms with Gasteiger partial charge in [0, 0.05) is 19.0 Å². The molecule has 1 aromatic rings. The van der Waals surface area contributed by atoms with Crippen LogP contribution in [0.1, 0.15) is 6.92 Å². The van der Waals surface area contributed by atoms with Gasteiger partial charge >= 0.3 is 0 Å². The average Bonchev–Trinajstić information content (AvgIpc) is 2.48. The second-order valence-corrected chi connectivity index (χ2v) is 3.77. The Bertz CT molecular complexity index is 303. The van der Waals surface area contributed by atoms with Crippen molar-refractivity contribution in [1.29, 1.82) is 0 Å². The zero-order valence-electron chi connectivity index (χ0n) is 8.09. The number of nitrogen functional groups attached to an aromatic ring is 1. The molecule has 1 saturated heterocycles. The molecule has 0 radical (unpaired) electrons. The first kappa shape index (κ1) is 9.21. The predicted molar refractivity (Wildman–Crippen MR) is 53.8 cm³/mol. The second kappa shape index (κ2) is 3.42. The molecule has 0 bridgehead atoms. The van der Waals surface area contributed by atoms with E-state index in [4.69, 9.17) is 5.73 Å². The molecule has 0 spiro atoms. The standard InChI is InChI=1S/C9H14N4O/c1-6-4-13(5-8(6)14)9-11-2-7(10)3-12-9/h2-3,6,8,14H,4-5,10H2,1H3. The van der Waals surface area contributed by atoms with Gasteiger partial charge in [0.1, 0.15) is 0 Å². The van der Waals surface area contributed by atoms with Crippen molar-refractivity contribution >= 4 is 11.6 Å². The molecule has 0 amide bonds. The Kier molecular flexibility index (Phi) is 2.25. The van der Waals surface area contributed by atoms with Crippen molar-refractivity contribution in [3.8, 4) is 0 Å². The number of hydrogen-bond acceptors (Lipinski definition) is 5. The second-order valence-electron chi connectivity index (χ2n) is 3.77. The van der Waals surface area contributed by atoms with Crippen molar-refractivity contribution < 1.29 is 5.11 Å². The van der Waals surface area contributed by atoms with E-state index in [0.717, 1.165) is 6.54 Å². The minimum Gasteiger partial charge on any atom is -0.396 e. The topological polar surface area (TPSA) is 75.3 Å². The summed E-state index contributed by atoms with van der Waals surface area (Å²) in [5.74, 6) is 0.916. The van der Waals surface area contributed by atoms with E-state index in [1.54, 1.807) is 12.4 Å². The Morgan fingerprint density at radius 3 is 2.57 bits per heavy atom. The fourth-order valence-electron chi connectivity index (χ4n) is 1.61. The van der Waals surface area contributed by atoms with Gasteiger partial charge < -0.3 is 15.7 Å². The maximum absolute atomic E-state index is 9.56. The summed E-state index contributed by atoms with van der Waals surface area (Å²) in [6.45, 7) is 3.41. The Hall–Kier alpha value is -1.36. The van der Waals surface area contributed by atoms with Crippen LogP contribution in [0.4, 0.5) is 11.6 Å². The van der Waals surface area contributed by atoms with Crippen LogP contribution in [-0.4, -0.2) is 34.3 Å². The first-order chi connectivity index (χ1) is 6.66. The third kappa shape index (κ3) is 1.63. The number of rotatable bonds is 1. The molecule has 2 unspecified atom stereocenters. The summed E-state index contributed by atoms with van der Waals surface area (Å²) in [6.07, 6.45) is 2.88. The minimum atomic E-state index is -0.281. The van der Waals surface area contributed by atoms with Gasteiger partial charge in [0.25, 0.3) is 0 Å². The van der Waals surface area contributed by atoms with Gasteiger partial charge in [-0.1, -0.05) is 6.92 Å². The number of aliphatic hydroxyl groups is 1. The van der Waals surface area contributed by atoms with Crippen molar-refractivity contribution in [2.75, 3.05) is 23.7 Å². The lowest BCUT2D eigenvalue weighted by atomic mass is 10.1. The smallest absolute Gasteiger partial charge is 0.225 e. The van der Waals surface area contributed by atoms with Gasteiger partial charge in [-0.2, -0.15) is 0 Å². The van der Waals surface area contributed by atoms with Crippen LogP contribution in [0.15, 0.2) is 12.4 Å². The highest BCUT2D eigenvalue weighted by Crippen LogP contribution is 2.20. The molecule has 1 aliphatic heterocycles. The molecule has 2 atom stereocenters. The molecule has 0 saturated carbocycles. The van der Waals surface area contributed by atoms with E-state index in [9.17, 15) is 5.11 Å². The largest absolute Gasteiger partial charge is 0.396 e. The summed E-state index contributed by atoms with van der Waals surface area (Å²) < 4.78 is 0. The van der Waals surface area contributed by atoms with Crippen LogP contribution in [0.2, 0.25) is 0 Å². The molecule has 1 aliphatic rings. The molecule has 0 aromatic carbocycles. The van der Waals surface area contributed by atoms with E-state index in [-0.39, 0.29) is 12.0 Å². The van der Waals surface area contributed by atoms with Gasteiger partial charge in [0.15, 0.2) is 0 Å². The lowest BCUT2D eigenvalue weighted by molar-refractivity contribution is 0.157. The van der Waals surface area contributed by atoms with Crippen LogP contribution < -0.4 is 10.6 Å². The van der Waals surface area contributed by atoms with Gasteiger partial charge in [-0.15, -0.1) is 0 Å². The Balaban J connectivity index is 2.13. The number of hydrogen-bond donors (Lipinski definition) is 2. The quantitative estimate of drug-likeness (QED) is 0.651. The number of aromatic nitrogens is 2. The van der Waals surface area contributed by atoms with Crippen LogP contribution in [0.5, 0.6) is 0 Å². The molecule has 3 N–H and O–H groups in total. The first-order valence-electron chi connectivity index (χ1n) is 4.67. The summed E-state index contributed by atoms with van der Waals surface area (Å²) in [5, 5.41) is 9.56. The molecule has 5 heteroatoms. The SMILES string of the molecule is CC1CN(c2ncc(N)cn2)CC1O. The summed E-state index contributed by atoms with van der Waals surface area (Å²) >= 11 is 0. The fourth-order valence-corrected chi connectivity index (χ4v) is 1.61. The maximum Gasteiger partial charge on any atom is 0.225 e. The molecule has 0 aliphatic carbocycles. The van der Waals surface area contributed by atoms with Crippen molar-refractivity contribution in [3.63, 3.8) is 0 Å². The molecular formula is C9H14N4O. The molecule has 1 fully saturated rings. The minimum absolute atomic E-state index is 0.274. The number of anilines is 2. The number of β-amino-alcohol motifs (C(OH)–C–C–N with tert-alkyl or cyclic N) is 1. The molecule has 5 nitrogen and oxygen atoms in total. The Morgan fingerprint density at radius 2 is 2.07 bits per heavy atom.